The quantitative estimate of drug-likeness (QED) is 0.762. The number of aliphatic carboxylic acids is 1. The maximum absolute atomic E-state index is 10.3. The zero-order chi connectivity index (χ0) is 10.4. The third kappa shape index (κ3) is 3.77. The maximum Gasteiger partial charge on any atom is 0.324 e. The molecule has 3 nitrogen and oxygen atoms in total. The number of hydrogen-bond acceptors (Lipinski definition) is 2. The van der Waals surface area contributed by atoms with Gasteiger partial charge in [0.2, 0.25) is 0 Å². The molecule has 14 heavy (non-hydrogen) atoms. The Bertz CT molecular complexity index is 287. The van der Waals surface area contributed by atoms with Gasteiger partial charge in [-0.3, -0.25) is 4.79 Å². The Hall–Kier alpha value is -1.06. The molecular weight excluding hydrogens is 204 g/mol. The molecule has 0 bridgehead atoms. The zero-order valence-electron chi connectivity index (χ0n) is 7.52. The summed E-state index contributed by atoms with van der Waals surface area (Å²) in [6.07, 6.45) is 0. The SMILES string of the molecule is O=C(O)[C@@H](Cl)COCc1ccccc1. The second-order valence-corrected chi connectivity index (χ2v) is 3.33. The van der Waals surface area contributed by atoms with Gasteiger partial charge in [0.15, 0.2) is 5.38 Å². The lowest BCUT2D eigenvalue weighted by molar-refractivity contribution is -0.137. The van der Waals surface area contributed by atoms with E-state index in [1.165, 1.54) is 0 Å². The van der Waals surface area contributed by atoms with Crippen molar-refractivity contribution in [3.05, 3.63) is 35.9 Å². The van der Waals surface area contributed by atoms with Gasteiger partial charge < -0.3 is 9.84 Å². The first-order valence-electron chi connectivity index (χ1n) is 4.18. The fourth-order valence-corrected chi connectivity index (χ4v) is 1.01. The summed E-state index contributed by atoms with van der Waals surface area (Å²) in [6, 6.07) is 9.52. The third-order valence-corrected chi connectivity index (χ3v) is 1.96. The van der Waals surface area contributed by atoms with E-state index in [0.29, 0.717) is 6.61 Å². The number of alkyl halides is 1. The van der Waals surface area contributed by atoms with Gasteiger partial charge in [0.05, 0.1) is 13.2 Å². The molecule has 0 saturated heterocycles. The molecule has 0 unspecified atom stereocenters. The summed E-state index contributed by atoms with van der Waals surface area (Å²) in [6.45, 7) is 0.406. The van der Waals surface area contributed by atoms with Crippen molar-refractivity contribution in [2.75, 3.05) is 6.61 Å². The molecule has 76 valence electrons. The lowest BCUT2D eigenvalue weighted by Crippen LogP contribution is -2.19. The number of rotatable bonds is 5. The highest BCUT2D eigenvalue weighted by atomic mass is 35.5. The van der Waals surface area contributed by atoms with Gasteiger partial charge in [-0.05, 0) is 5.56 Å². The summed E-state index contributed by atoms with van der Waals surface area (Å²) in [4.78, 5) is 10.3. The first-order chi connectivity index (χ1) is 6.70. The van der Waals surface area contributed by atoms with Crippen LogP contribution in [0.25, 0.3) is 0 Å². The third-order valence-electron chi connectivity index (χ3n) is 1.64. The summed E-state index contributed by atoms with van der Waals surface area (Å²) >= 11 is 5.46. The molecule has 1 rings (SSSR count). The molecule has 4 heteroatoms. The number of ether oxygens (including phenoxy) is 1. The Kier molecular flexibility index (Phi) is 4.43. The molecule has 0 radical (unpaired) electrons. The van der Waals surface area contributed by atoms with Crippen molar-refractivity contribution in [1.82, 2.24) is 0 Å². The zero-order valence-corrected chi connectivity index (χ0v) is 8.28. The van der Waals surface area contributed by atoms with Crippen LogP contribution >= 0.6 is 11.6 Å². The van der Waals surface area contributed by atoms with E-state index >= 15 is 0 Å². The number of hydrogen-bond donors (Lipinski definition) is 1. The van der Waals surface area contributed by atoms with E-state index in [0.717, 1.165) is 5.56 Å². The van der Waals surface area contributed by atoms with Crippen LogP contribution in [0.3, 0.4) is 0 Å². The molecule has 1 atom stereocenters. The smallest absolute Gasteiger partial charge is 0.324 e. The molecule has 0 saturated carbocycles. The van der Waals surface area contributed by atoms with Crippen molar-refractivity contribution < 1.29 is 14.6 Å². The molecular formula is C10H11ClO3. The first kappa shape index (κ1) is 11.0. The highest BCUT2D eigenvalue weighted by Gasteiger charge is 2.12. The minimum atomic E-state index is -1.06. The van der Waals surface area contributed by atoms with Gasteiger partial charge in [-0.25, -0.2) is 0 Å². The Morgan fingerprint density at radius 2 is 2.07 bits per heavy atom. The van der Waals surface area contributed by atoms with Crippen LogP contribution in [0.15, 0.2) is 30.3 Å². The molecule has 1 aromatic rings. The molecule has 0 aliphatic heterocycles. The van der Waals surface area contributed by atoms with E-state index in [4.69, 9.17) is 21.4 Å². The minimum absolute atomic E-state index is 0.0196. The molecule has 0 fully saturated rings. The molecule has 0 heterocycles. The van der Waals surface area contributed by atoms with E-state index in [-0.39, 0.29) is 6.61 Å². The van der Waals surface area contributed by atoms with Crippen molar-refractivity contribution in [1.29, 1.82) is 0 Å². The van der Waals surface area contributed by atoms with E-state index < -0.39 is 11.3 Å². The van der Waals surface area contributed by atoms with Gasteiger partial charge in [0, 0.05) is 0 Å². The number of carboxylic acids is 1. The second-order valence-electron chi connectivity index (χ2n) is 2.81. The first-order valence-corrected chi connectivity index (χ1v) is 4.62. The van der Waals surface area contributed by atoms with Crippen LogP contribution in [0, 0.1) is 0 Å². The Morgan fingerprint density at radius 3 is 2.64 bits per heavy atom. The van der Waals surface area contributed by atoms with Crippen LogP contribution < -0.4 is 0 Å². The number of halogens is 1. The Labute approximate surface area is 87.3 Å². The Balaban J connectivity index is 2.26. The van der Waals surface area contributed by atoms with E-state index in [1.807, 2.05) is 30.3 Å². The second kappa shape index (κ2) is 5.62. The Morgan fingerprint density at radius 1 is 1.43 bits per heavy atom. The molecule has 1 aromatic carbocycles. The normalized spacial score (nSPS) is 12.4. The predicted molar refractivity (Wildman–Crippen MR) is 53.4 cm³/mol. The lowest BCUT2D eigenvalue weighted by Gasteiger charge is -2.05. The standard InChI is InChI=1S/C10H11ClO3/c11-9(10(12)13)7-14-6-8-4-2-1-3-5-8/h1-5,9H,6-7H2,(H,12,13)/t9-/m0/s1. The van der Waals surface area contributed by atoms with Crippen molar-refractivity contribution >= 4 is 17.6 Å². The van der Waals surface area contributed by atoms with Gasteiger partial charge in [-0.2, -0.15) is 0 Å². The summed E-state index contributed by atoms with van der Waals surface area (Å²) in [5.41, 5.74) is 1.00. The van der Waals surface area contributed by atoms with Crippen molar-refractivity contribution in [3.63, 3.8) is 0 Å². The van der Waals surface area contributed by atoms with Gasteiger partial charge in [-0.1, -0.05) is 30.3 Å². The largest absolute Gasteiger partial charge is 0.480 e. The predicted octanol–water partition coefficient (Wildman–Crippen LogP) is 1.90. The average molecular weight is 215 g/mol. The van der Waals surface area contributed by atoms with Crippen LogP contribution in [0.1, 0.15) is 5.56 Å². The summed E-state index contributed by atoms with van der Waals surface area (Å²) in [5.74, 6) is -1.06. The van der Waals surface area contributed by atoms with Gasteiger partial charge in [0.1, 0.15) is 0 Å². The van der Waals surface area contributed by atoms with Crippen LogP contribution in [-0.2, 0) is 16.1 Å². The number of carboxylic acid groups (broad SMARTS) is 1. The topological polar surface area (TPSA) is 46.5 Å². The van der Waals surface area contributed by atoms with Crippen molar-refractivity contribution in [2.24, 2.45) is 0 Å². The fourth-order valence-electron chi connectivity index (χ4n) is 0.926. The minimum Gasteiger partial charge on any atom is -0.480 e. The highest BCUT2D eigenvalue weighted by molar-refractivity contribution is 6.29. The molecule has 0 aliphatic rings. The highest BCUT2D eigenvalue weighted by Crippen LogP contribution is 2.03. The van der Waals surface area contributed by atoms with Crippen LogP contribution in [0.2, 0.25) is 0 Å². The fraction of sp³-hybridized carbons (Fsp3) is 0.300. The molecule has 0 aliphatic carbocycles. The van der Waals surface area contributed by atoms with Gasteiger partial charge >= 0.3 is 5.97 Å². The van der Waals surface area contributed by atoms with Crippen LogP contribution in [0.4, 0.5) is 0 Å². The molecule has 0 spiro atoms. The van der Waals surface area contributed by atoms with E-state index in [1.54, 1.807) is 0 Å². The summed E-state index contributed by atoms with van der Waals surface area (Å²) in [7, 11) is 0. The number of benzene rings is 1. The van der Waals surface area contributed by atoms with Crippen molar-refractivity contribution in [2.45, 2.75) is 12.0 Å². The number of carbonyl (C=O) groups is 1. The van der Waals surface area contributed by atoms with E-state index in [9.17, 15) is 4.79 Å². The van der Waals surface area contributed by atoms with Crippen molar-refractivity contribution in [3.8, 4) is 0 Å². The molecule has 0 aromatic heterocycles. The molecule has 1 N–H and O–H groups in total. The van der Waals surface area contributed by atoms with Gasteiger partial charge in [-0.15, -0.1) is 11.6 Å². The average Bonchev–Trinajstić information content (AvgIpc) is 2.19. The molecule has 0 amide bonds. The lowest BCUT2D eigenvalue weighted by atomic mass is 10.2. The summed E-state index contributed by atoms with van der Waals surface area (Å²) in [5, 5.41) is 7.49. The maximum atomic E-state index is 10.3. The van der Waals surface area contributed by atoms with Crippen LogP contribution in [-0.4, -0.2) is 23.1 Å². The van der Waals surface area contributed by atoms with Crippen LogP contribution in [0.5, 0.6) is 0 Å². The van der Waals surface area contributed by atoms with E-state index in [2.05, 4.69) is 0 Å². The van der Waals surface area contributed by atoms with Gasteiger partial charge in [0.25, 0.3) is 0 Å². The summed E-state index contributed by atoms with van der Waals surface area (Å²) < 4.78 is 5.13. The monoisotopic (exact) mass is 214 g/mol.